The van der Waals surface area contributed by atoms with Gasteiger partial charge in [0.2, 0.25) is 5.91 Å². The number of nitrogens with one attached hydrogen (secondary N) is 1. The average Bonchev–Trinajstić information content (AvgIpc) is 2.00. The first kappa shape index (κ1) is 11.5. The van der Waals surface area contributed by atoms with Gasteiger partial charge in [0.05, 0.1) is 5.25 Å². The Hall–Kier alpha value is -0.510. The monoisotopic (exact) mass is 189 g/mol. The second-order valence-corrected chi connectivity index (χ2v) is 3.53. The van der Waals surface area contributed by atoms with Crippen LogP contribution in [0.25, 0.3) is 0 Å². The van der Waals surface area contributed by atoms with Crippen molar-refractivity contribution in [3.63, 3.8) is 0 Å². The van der Waals surface area contributed by atoms with Crippen molar-refractivity contribution in [3.05, 3.63) is 0 Å². The number of carbonyl (C=O) groups excluding carboxylic acids is 2. The maximum atomic E-state index is 11.0. The van der Waals surface area contributed by atoms with Crippen LogP contribution in [0.1, 0.15) is 20.3 Å². The van der Waals surface area contributed by atoms with Crippen molar-refractivity contribution in [2.45, 2.75) is 25.5 Å². The first-order chi connectivity index (χ1) is 5.61. The molecule has 0 aromatic heterocycles. The van der Waals surface area contributed by atoms with Gasteiger partial charge in [-0.3, -0.25) is 9.59 Å². The summed E-state index contributed by atoms with van der Waals surface area (Å²) in [6.07, 6.45) is 2.13. The number of hydrogen-bond donors (Lipinski definition) is 1. The second kappa shape index (κ2) is 6.06. The van der Waals surface area contributed by atoms with E-state index in [0.29, 0.717) is 13.0 Å². The van der Waals surface area contributed by atoms with Gasteiger partial charge >= 0.3 is 0 Å². The predicted molar refractivity (Wildman–Crippen MR) is 51.3 cm³/mol. The molecule has 12 heavy (non-hydrogen) atoms. The van der Waals surface area contributed by atoms with E-state index < -0.39 is 0 Å². The number of rotatable bonds is 5. The molecule has 0 saturated heterocycles. The Bertz CT molecular complexity index is 170. The van der Waals surface area contributed by atoms with E-state index >= 15 is 0 Å². The maximum Gasteiger partial charge on any atom is 0.221 e. The number of hydrogen-bond acceptors (Lipinski definition) is 3. The highest BCUT2D eigenvalue weighted by Crippen LogP contribution is 2.11. The highest BCUT2D eigenvalue weighted by Gasteiger charge is 2.15. The van der Waals surface area contributed by atoms with Gasteiger partial charge in [-0.25, -0.2) is 0 Å². The fraction of sp³-hybridized carbons (Fsp3) is 0.750. The molecule has 0 aliphatic heterocycles. The summed E-state index contributed by atoms with van der Waals surface area (Å²) in [5, 5.41) is 2.48. The van der Waals surface area contributed by atoms with E-state index in [1.807, 2.05) is 13.2 Å². The maximum absolute atomic E-state index is 11.0. The highest BCUT2D eigenvalue weighted by atomic mass is 32.2. The molecule has 0 radical (unpaired) electrons. The van der Waals surface area contributed by atoms with Gasteiger partial charge in [-0.15, -0.1) is 0 Å². The molecule has 0 aromatic rings. The van der Waals surface area contributed by atoms with Crippen LogP contribution in [0.2, 0.25) is 0 Å². The van der Waals surface area contributed by atoms with Crippen LogP contribution in [0.3, 0.4) is 0 Å². The Morgan fingerprint density at radius 3 is 2.42 bits per heavy atom. The fourth-order valence-corrected chi connectivity index (χ4v) is 1.48. The molecule has 1 N–H and O–H groups in total. The lowest BCUT2D eigenvalue weighted by atomic mass is 10.2. The first-order valence-electron chi connectivity index (χ1n) is 3.91. The van der Waals surface area contributed by atoms with Gasteiger partial charge < -0.3 is 5.32 Å². The van der Waals surface area contributed by atoms with Crippen molar-refractivity contribution in [3.8, 4) is 0 Å². The fourth-order valence-electron chi connectivity index (χ4n) is 0.831. The zero-order valence-electron chi connectivity index (χ0n) is 7.72. The van der Waals surface area contributed by atoms with Crippen LogP contribution in [0.15, 0.2) is 0 Å². The van der Waals surface area contributed by atoms with E-state index in [0.717, 1.165) is 0 Å². The third kappa shape index (κ3) is 4.38. The summed E-state index contributed by atoms with van der Waals surface area (Å²) in [6.45, 7) is 4.00. The number of carbonyl (C=O) groups is 2. The number of Topliss-reactive ketones (excluding diaryl/α,β-unsaturated/α-hetero) is 1. The minimum atomic E-state index is -0.184. The Labute approximate surface area is 77.3 Å². The summed E-state index contributed by atoms with van der Waals surface area (Å²) in [5.74, 6) is 0.0146. The van der Waals surface area contributed by atoms with Crippen molar-refractivity contribution in [2.24, 2.45) is 0 Å². The van der Waals surface area contributed by atoms with Gasteiger partial charge in [0.15, 0.2) is 0 Å². The molecule has 0 rings (SSSR count). The summed E-state index contributed by atoms with van der Waals surface area (Å²) in [6, 6.07) is 0. The summed E-state index contributed by atoms with van der Waals surface area (Å²) in [5.41, 5.74) is 0. The van der Waals surface area contributed by atoms with Gasteiger partial charge in [0, 0.05) is 13.0 Å². The van der Waals surface area contributed by atoms with Crippen molar-refractivity contribution >= 4 is 23.5 Å². The molecule has 0 bridgehead atoms. The lowest BCUT2D eigenvalue weighted by Gasteiger charge is -2.09. The van der Waals surface area contributed by atoms with Crippen molar-refractivity contribution in [1.29, 1.82) is 0 Å². The molecule has 1 amide bonds. The summed E-state index contributed by atoms with van der Waals surface area (Å²) in [4.78, 5) is 22.0. The first-order valence-corrected chi connectivity index (χ1v) is 5.20. The van der Waals surface area contributed by atoms with Crippen LogP contribution >= 0.6 is 11.8 Å². The summed E-state index contributed by atoms with van der Waals surface area (Å²) in [7, 11) is 0. The number of ketones is 1. The molecule has 4 heteroatoms. The van der Waals surface area contributed by atoms with Crippen LogP contribution in [-0.4, -0.2) is 29.7 Å². The van der Waals surface area contributed by atoms with Gasteiger partial charge in [-0.05, 0) is 20.1 Å². The van der Waals surface area contributed by atoms with Crippen LogP contribution in [0, 0.1) is 0 Å². The molecule has 0 spiro atoms. The van der Waals surface area contributed by atoms with Gasteiger partial charge in [0.25, 0.3) is 0 Å². The van der Waals surface area contributed by atoms with Gasteiger partial charge in [0.1, 0.15) is 5.78 Å². The number of amides is 1. The average molecular weight is 189 g/mol. The minimum absolute atomic E-state index is 0.0490. The summed E-state index contributed by atoms with van der Waals surface area (Å²) >= 11 is 1.42. The SMILES string of the molecule is CCNC(=O)CC(SC)C(C)=O. The highest BCUT2D eigenvalue weighted by molar-refractivity contribution is 7.99. The molecule has 0 saturated carbocycles. The van der Waals surface area contributed by atoms with Gasteiger partial charge in [-0.2, -0.15) is 11.8 Å². The lowest BCUT2D eigenvalue weighted by molar-refractivity contribution is -0.124. The zero-order chi connectivity index (χ0) is 9.56. The van der Waals surface area contributed by atoms with E-state index in [2.05, 4.69) is 5.32 Å². The smallest absolute Gasteiger partial charge is 0.221 e. The van der Waals surface area contributed by atoms with Crippen LogP contribution < -0.4 is 5.32 Å². The van der Waals surface area contributed by atoms with Crippen LogP contribution in [0.4, 0.5) is 0 Å². The molecular formula is C8H15NO2S. The molecule has 1 atom stereocenters. The Morgan fingerprint density at radius 1 is 1.50 bits per heavy atom. The van der Waals surface area contributed by atoms with E-state index in [-0.39, 0.29) is 16.9 Å². The van der Waals surface area contributed by atoms with Crippen molar-refractivity contribution in [2.75, 3.05) is 12.8 Å². The second-order valence-electron chi connectivity index (χ2n) is 2.49. The molecule has 0 aromatic carbocycles. The van der Waals surface area contributed by atoms with E-state index in [1.54, 1.807) is 0 Å². The predicted octanol–water partition coefficient (Wildman–Crippen LogP) is 0.833. The summed E-state index contributed by atoms with van der Waals surface area (Å²) < 4.78 is 0. The van der Waals surface area contributed by atoms with Crippen molar-refractivity contribution in [1.82, 2.24) is 5.32 Å². The molecule has 0 heterocycles. The Balaban J connectivity index is 3.85. The molecule has 0 aliphatic carbocycles. The van der Waals surface area contributed by atoms with Crippen LogP contribution in [-0.2, 0) is 9.59 Å². The van der Waals surface area contributed by atoms with Crippen LogP contribution in [0.5, 0.6) is 0 Å². The molecular weight excluding hydrogens is 174 g/mol. The van der Waals surface area contributed by atoms with Gasteiger partial charge in [-0.1, -0.05) is 0 Å². The number of thioether (sulfide) groups is 1. The topological polar surface area (TPSA) is 46.2 Å². The molecule has 0 fully saturated rings. The molecule has 0 aliphatic rings. The minimum Gasteiger partial charge on any atom is -0.356 e. The standard InChI is InChI=1S/C8H15NO2S/c1-4-9-8(11)5-7(12-3)6(2)10/h7H,4-5H2,1-3H3,(H,9,11). The molecule has 3 nitrogen and oxygen atoms in total. The van der Waals surface area contributed by atoms with E-state index in [9.17, 15) is 9.59 Å². The largest absolute Gasteiger partial charge is 0.356 e. The lowest BCUT2D eigenvalue weighted by Crippen LogP contribution is -2.28. The third-order valence-corrected chi connectivity index (χ3v) is 2.55. The zero-order valence-corrected chi connectivity index (χ0v) is 8.53. The van der Waals surface area contributed by atoms with E-state index in [4.69, 9.17) is 0 Å². The molecule has 70 valence electrons. The van der Waals surface area contributed by atoms with Crippen molar-refractivity contribution < 1.29 is 9.59 Å². The Morgan fingerprint density at radius 2 is 2.08 bits per heavy atom. The Kier molecular flexibility index (Phi) is 5.80. The quantitative estimate of drug-likeness (QED) is 0.697. The van der Waals surface area contributed by atoms with E-state index in [1.165, 1.54) is 18.7 Å². The molecule has 1 unspecified atom stereocenters. The normalized spacial score (nSPS) is 12.2. The third-order valence-electron chi connectivity index (χ3n) is 1.48.